The second-order valence-electron chi connectivity index (χ2n) is 8.41. The number of aliphatic hydroxyl groups is 3. The van der Waals surface area contributed by atoms with Crippen LogP contribution in [0.2, 0.25) is 0 Å². The van der Waals surface area contributed by atoms with E-state index in [4.69, 9.17) is 19.3 Å². The molecule has 1 aliphatic rings. The first-order valence-electron chi connectivity index (χ1n) is 10.5. The molecule has 1 heterocycles. The van der Waals surface area contributed by atoms with Crippen molar-refractivity contribution in [2.75, 3.05) is 41.0 Å². The Kier molecular flexibility index (Phi) is 11.8. The van der Waals surface area contributed by atoms with Crippen LogP contribution in [0.1, 0.15) is 26.2 Å². The number of aliphatic carboxylic acids is 1. The summed E-state index contributed by atoms with van der Waals surface area (Å²) < 4.78 is 14.9. The minimum absolute atomic E-state index is 0.0129. The summed E-state index contributed by atoms with van der Waals surface area (Å²) in [5.41, 5.74) is 0.541. The number of ether oxygens (including phenoxy) is 3. The summed E-state index contributed by atoms with van der Waals surface area (Å²) in [6.07, 6.45) is -4.20. The van der Waals surface area contributed by atoms with E-state index in [0.717, 1.165) is 0 Å². The van der Waals surface area contributed by atoms with Crippen molar-refractivity contribution in [3.63, 3.8) is 0 Å². The van der Waals surface area contributed by atoms with Crippen LogP contribution >= 0.6 is 0 Å². The number of carboxylic acid groups (broad SMARTS) is 1. The molecule has 13 heteroatoms. The van der Waals surface area contributed by atoms with Gasteiger partial charge in [-0.2, -0.15) is 0 Å². The standard InChI is InChI=1S/C20H36N2O11/c1-12(7-9-32-20-17(26)16(25)18(31-4)14(11-23)33-20)10-15(24)21(29)8-5-6-13(19(27)28)22(2,3)30/h10,13-14,16-18,20,23,25-26,29H,5-9,11H2,1-4H3,(H,27,28)/b12-10+/t13-,14?,16?,17?,18?,20?/m0/s1. The third-order valence-corrected chi connectivity index (χ3v) is 5.38. The van der Waals surface area contributed by atoms with Gasteiger partial charge in [0.25, 0.3) is 5.91 Å². The van der Waals surface area contributed by atoms with Crippen LogP contribution < -0.4 is 0 Å². The van der Waals surface area contributed by atoms with E-state index in [2.05, 4.69) is 0 Å². The zero-order valence-electron chi connectivity index (χ0n) is 19.4. The van der Waals surface area contributed by atoms with Crippen molar-refractivity contribution >= 4 is 11.9 Å². The first-order chi connectivity index (χ1) is 15.3. The molecule has 192 valence electrons. The van der Waals surface area contributed by atoms with Crippen molar-refractivity contribution in [3.8, 4) is 0 Å². The van der Waals surface area contributed by atoms with E-state index < -0.39 is 59.9 Å². The topological polar surface area (TPSA) is 189 Å². The first-order valence-corrected chi connectivity index (χ1v) is 10.5. The van der Waals surface area contributed by atoms with Gasteiger partial charge in [-0.25, -0.2) is 9.86 Å². The van der Waals surface area contributed by atoms with Crippen LogP contribution in [0.25, 0.3) is 0 Å². The van der Waals surface area contributed by atoms with Crippen LogP contribution in [0.3, 0.4) is 0 Å². The van der Waals surface area contributed by atoms with Gasteiger partial charge in [-0.3, -0.25) is 10.0 Å². The number of rotatable bonds is 13. The summed E-state index contributed by atoms with van der Waals surface area (Å²) >= 11 is 0. The molecule has 1 fully saturated rings. The van der Waals surface area contributed by atoms with Gasteiger partial charge in [-0.05, 0) is 19.8 Å². The number of amides is 1. The Hall–Kier alpha value is -1.68. The molecule has 0 spiro atoms. The summed E-state index contributed by atoms with van der Waals surface area (Å²) in [5, 5.41) is 60.9. The number of hydroxylamine groups is 5. The second-order valence-corrected chi connectivity index (χ2v) is 8.41. The molecule has 13 nitrogen and oxygen atoms in total. The van der Waals surface area contributed by atoms with E-state index in [1.54, 1.807) is 6.92 Å². The lowest BCUT2D eigenvalue weighted by molar-refractivity contribution is -0.858. The number of nitrogens with zero attached hydrogens (tertiary/aromatic N) is 2. The molecule has 1 rings (SSSR count). The Morgan fingerprint density at radius 2 is 1.91 bits per heavy atom. The fourth-order valence-electron chi connectivity index (χ4n) is 3.42. The molecule has 1 saturated heterocycles. The Morgan fingerprint density at radius 1 is 1.27 bits per heavy atom. The monoisotopic (exact) mass is 480 g/mol. The zero-order valence-corrected chi connectivity index (χ0v) is 19.4. The molecule has 5 unspecified atom stereocenters. The van der Waals surface area contributed by atoms with Crippen LogP contribution in [-0.4, -0.2) is 125 Å². The Labute approximate surface area is 192 Å². The lowest BCUT2D eigenvalue weighted by Gasteiger charge is -2.41. The summed E-state index contributed by atoms with van der Waals surface area (Å²) in [7, 11) is 3.75. The maximum atomic E-state index is 12.1. The third kappa shape index (κ3) is 8.88. The van der Waals surface area contributed by atoms with Gasteiger partial charge < -0.3 is 44.5 Å². The van der Waals surface area contributed by atoms with Gasteiger partial charge >= 0.3 is 5.97 Å². The Morgan fingerprint density at radius 3 is 2.42 bits per heavy atom. The predicted molar refractivity (Wildman–Crippen MR) is 113 cm³/mol. The molecule has 5 N–H and O–H groups in total. The first kappa shape index (κ1) is 29.4. The molecule has 0 radical (unpaired) electrons. The van der Waals surface area contributed by atoms with Crippen molar-refractivity contribution in [2.24, 2.45) is 0 Å². The molecule has 0 aliphatic carbocycles. The van der Waals surface area contributed by atoms with Gasteiger partial charge in [-0.1, -0.05) is 5.57 Å². The van der Waals surface area contributed by atoms with Crippen molar-refractivity contribution < 1.29 is 54.1 Å². The Bertz CT molecular complexity index is 665. The highest BCUT2D eigenvalue weighted by Gasteiger charge is 2.45. The molecule has 0 aromatic rings. The molecule has 0 aromatic heterocycles. The molecule has 0 bridgehead atoms. The minimum Gasteiger partial charge on any atom is -0.633 e. The minimum atomic E-state index is -1.40. The molecular weight excluding hydrogens is 444 g/mol. The molecule has 0 saturated carbocycles. The zero-order chi connectivity index (χ0) is 25.3. The van der Waals surface area contributed by atoms with Crippen molar-refractivity contribution in [3.05, 3.63) is 16.9 Å². The second kappa shape index (κ2) is 13.3. The number of carbonyl (C=O) groups is 2. The van der Waals surface area contributed by atoms with Gasteiger partial charge in [0.15, 0.2) is 12.3 Å². The number of aliphatic hydroxyl groups excluding tert-OH is 3. The number of carboxylic acids is 1. The fraction of sp³-hybridized carbons (Fsp3) is 0.800. The average Bonchev–Trinajstić information content (AvgIpc) is 2.72. The Balaban J connectivity index is 2.49. The van der Waals surface area contributed by atoms with Crippen LogP contribution in [0.15, 0.2) is 11.6 Å². The normalized spacial score (nSPS) is 27.3. The molecule has 0 aromatic carbocycles. The predicted octanol–water partition coefficient (Wildman–Crippen LogP) is -1.18. The molecular formula is C20H36N2O11. The maximum Gasteiger partial charge on any atom is 0.362 e. The third-order valence-electron chi connectivity index (χ3n) is 5.38. The average molecular weight is 481 g/mol. The van der Waals surface area contributed by atoms with Gasteiger partial charge in [0.1, 0.15) is 24.4 Å². The van der Waals surface area contributed by atoms with E-state index >= 15 is 0 Å². The molecule has 1 aliphatic heterocycles. The number of hydrogen-bond donors (Lipinski definition) is 5. The number of likely N-dealkylation sites (N-methyl/N-ethyl adjacent to an activating group) is 1. The smallest absolute Gasteiger partial charge is 0.362 e. The van der Waals surface area contributed by atoms with Gasteiger partial charge in [0.05, 0.1) is 27.3 Å². The summed E-state index contributed by atoms with van der Waals surface area (Å²) in [4.78, 5) is 23.3. The van der Waals surface area contributed by atoms with E-state index in [1.807, 2.05) is 0 Å². The lowest BCUT2D eigenvalue weighted by atomic mass is 9.99. The van der Waals surface area contributed by atoms with Gasteiger partial charge in [0.2, 0.25) is 0 Å². The SMILES string of the molecule is COC1C(CO)OC(OCC/C(C)=C/C(=O)N(O)CCC[C@@H](C(=O)O)[N+](C)(C)[O-])C(O)C1O. The van der Waals surface area contributed by atoms with Gasteiger partial charge in [0, 0.05) is 26.2 Å². The molecule has 33 heavy (non-hydrogen) atoms. The number of hydrogen-bond acceptors (Lipinski definition) is 10. The number of quaternary nitrogens is 1. The van der Waals surface area contributed by atoms with E-state index in [9.17, 15) is 35.3 Å². The summed E-state index contributed by atoms with van der Waals surface area (Å²) in [6, 6.07) is -1.21. The quantitative estimate of drug-likeness (QED) is 0.0923. The van der Waals surface area contributed by atoms with Crippen molar-refractivity contribution in [1.29, 1.82) is 0 Å². The van der Waals surface area contributed by atoms with Gasteiger partial charge in [-0.15, -0.1) is 0 Å². The highest BCUT2D eigenvalue weighted by molar-refractivity contribution is 5.87. The molecule has 6 atom stereocenters. The fourth-order valence-corrected chi connectivity index (χ4v) is 3.42. The van der Waals surface area contributed by atoms with Crippen molar-refractivity contribution in [2.45, 2.75) is 62.9 Å². The lowest BCUT2D eigenvalue weighted by Crippen LogP contribution is -2.59. The highest BCUT2D eigenvalue weighted by atomic mass is 16.7. The van der Waals surface area contributed by atoms with Crippen LogP contribution in [0, 0.1) is 5.21 Å². The summed E-state index contributed by atoms with van der Waals surface area (Å²) in [5.74, 6) is -1.97. The highest BCUT2D eigenvalue weighted by Crippen LogP contribution is 2.24. The number of methoxy groups -OCH3 is 1. The van der Waals surface area contributed by atoms with E-state index in [1.165, 1.54) is 27.3 Å². The maximum absolute atomic E-state index is 12.1. The van der Waals surface area contributed by atoms with Crippen LogP contribution in [0.5, 0.6) is 0 Å². The molecule has 1 amide bonds. The summed E-state index contributed by atoms with van der Waals surface area (Å²) in [6.45, 7) is 1.05. The van der Waals surface area contributed by atoms with E-state index in [0.29, 0.717) is 10.6 Å². The number of carbonyl (C=O) groups excluding carboxylic acids is 1. The largest absolute Gasteiger partial charge is 0.633 e. The van der Waals surface area contributed by atoms with Crippen LogP contribution in [0.4, 0.5) is 0 Å². The van der Waals surface area contributed by atoms with Crippen LogP contribution in [-0.2, 0) is 23.8 Å². The van der Waals surface area contributed by atoms with E-state index in [-0.39, 0.29) is 32.4 Å². The van der Waals surface area contributed by atoms with Crippen molar-refractivity contribution in [1.82, 2.24) is 5.06 Å².